The highest BCUT2D eigenvalue weighted by molar-refractivity contribution is 4.54. The van der Waals surface area contributed by atoms with Crippen LogP contribution in [-0.2, 0) is 0 Å². The first-order chi connectivity index (χ1) is 17.4. The molecule has 0 rings (SSSR count). The zero-order valence-corrected chi connectivity index (χ0v) is 24.0. The Morgan fingerprint density at radius 3 is 0.600 bits per heavy atom. The van der Waals surface area contributed by atoms with Crippen LogP contribution < -0.4 is 5.32 Å². The summed E-state index contributed by atoms with van der Waals surface area (Å²) in [6, 6.07) is 0. The van der Waals surface area contributed by atoms with Gasteiger partial charge in [-0.3, -0.25) is 0 Å². The van der Waals surface area contributed by atoms with E-state index < -0.39 is 0 Å². The van der Waals surface area contributed by atoms with Gasteiger partial charge in [-0.05, 0) is 38.8 Å². The van der Waals surface area contributed by atoms with Crippen LogP contribution in [0.4, 0.5) is 0 Å². The van der Waals surface area contributed by atoms with Crippen molar-refractivity contribution in [3.8, 4) is 0 Å². The molecule has 0 aliphatic rings. The first-order valence-corrected chi connectivity index (χ1v) is 16.3. The molecule has 0 aliphatic heterocycles. The molecule has 0 heterocycles. The molecule has 0 aliphatic carbocycles. The van der Waals surface area contributed by atoms with Crippen molar-refractivity contribution >= 4 is 0 Å². The average molecular weight is 498 g/mol. The number of nitrogens with one attached hydrogen (secondary N) is 1. The fraction of sp³-hybridized carbons (Fsp3) is 1.00. The minimum atomic E-state index is 0.365. The SMILES string of the molecule is OCCCCCCCCCCCCCCCCCCCCNCCCCCCCCCCCCO. The van der Waals surface area contributed by atoms with E-state index in [1.807, 2.05) is 0 Å². The summed E-state index contributed by atoms with van der Waals surface area (Å²) in [6.45, 7) is 3.17. The molecule has 0 aromatic rings. The topological polar surface area (TPSA) is 52.5 Å². The third-order valence-corrected chi connectivity index (χ3v) is 7.52. The van der Waals surface area contributed by atoms with Gasteiger partial charge >= 0.3 is 0 Å². The van der Waals surface area contributed by atoms with E-state index in [-0.39, 0.29) is 0 Å². The predicted molar refractivity (Wildman–Crippen MR) is 156 cm³/mol. The number of unbranched alkanes of at least 4 members (excludes halogenated alkanes) is 26. The molecule has 0 saturated carbocycles. The third kappa shape index (κ3) is 33.9. The van der Waals surface area contributed by atoms with Crippen molar-refractivity contribution in [3.63, 3.8) is 0 Å². The Balaban J connectivity index is 3.00. The molecule has 3 heteroatoms. The number of aliphatic hydroxyl groups excluding tert-OH is 2. The minimum absolute atomic E-state index is 0.365. The monoisotopic (exact) mass is 498 g/mol. The van der Waals surface area contributed by atoms with Gasteiger partial charge < -0.3 is 15.5 Å². The maximum Gasteiger partial charge on any atom is 0.0431 e. The van der Waals surface area contributed by atoms with Crippen LogP contribution in [0.25, 0.3) is 0 Å². The lowest BCUT2D eigenvalue weighted by molar-refractivity contribution is 0.282. The fourth-order valence-corrected chi connectivity index (χ4v) is 5.09. The van der Waals surface area contributed by atoms with Gasteiger partial charge in [0.2, 0.25) is 0 Å². The summed E-state index contributed by atoms with van der Waals surface area (Å²) >= 11 is 0. The molecule has 0 aromatic carbocycles. The molecule has 0 bridgehead atoms. The van der Waals surface area contributed by atoms with Crippen molar-refractivity contribution in [2.75, 3.05) is 26.3 Å². The lowest BCUT2D eigenvalue weighted by Crippen LogP contribution is -2.16. The quantitative estimate of drug-likeness (QED) is 0.0811. The van der Waals surface area contributed by atoms with Gasteiger partial charge in [0.1, 0.15) is 0 Å². The Hall–Kier alpha value is -0.120. The normalized spacial score (nSPS) is 11.5. The Morgan fingerprint density at radius 2 is 0.400 bits per heavy atom. The van der Waals surface area contributed by atoms with Crippen molar-refractivity contribution in [1.82, 2.24) is 5.32 Å². The molecule has 0 fully saturated rings. The van der Waals surface area contributed by atoms with Gasteiger partial charge in [0.15, 0.2) is 0 Å². The summed E-state index contributed by atoms with van der Waals surface area (Å²) in [7, 11) is 0. The zero-order chi connectivity index (χ0) is 25.3. The van der Waals surface area contributed by atoms with Crippen LogP contribution in [-0.4, -0.2) is 36.5 Å². The van der Waals surface area contributed by atoms with Crippen LogP contribution >= 0.6 is 0 Å². The van der Waals surface area contributed by atoms with Crippen LogP contribution in [0, 0.1) is 0 Å². The largest absolute Gasteiger partial charge is 0.396 e. The molecule has 212 valence electrons. The van der Waals surface area contributed by atoms with Crippen LogP contribution in [0.2, 0.25) is 0 Å². The molecular weight excluding hydrogens is 430 g/mol. The molecule has 0 saturated heterocycles. The molecule has 0 aromatic heterocycles. The second-order valence-electron chi connectivity index (χ2n) is 11.1. The van der Waals surface area contributed by atoms with Gasteiger partial charge in [0, 0.05) is 13.2 Å². The molecule has 3 N–H and O–H groups in total. The Morgan fingerprint density at radius 1 is 0.229 bits per heavy atom. The van der Waals surface area contributed by atoms with Crippen LogP contribution in [0.15, 0.2) is 0 Å². The van der Waals surface area contributed by atoms with Crippen molar-refractivity contribution in [2.45, 2.75) is 180 Å². The Kier molecular flexibility index (Phi) is 33.8. The van der Waals surface area contributed by atoms with Crippen molar-refractivity contribution < 1.29 is 10.2 Å². The lowest BCUT2D eigenvalue weighted by Gasteiger charge is -2.06. The van der Waals surface area contributed by atoms with E-state index in [4.69, 9.17) is 10.2 Å². The summed E-state index contributed by atoms with van der Waals surface area (Å²) in [5.74, 6) is 0. The summed E-state index contributed by atoms with van der Waals surface area (Å²) < 4.78 is 0. The minimum Gasteiger partial charge on any atom is -0.396 e. The molecule has 0 radical (unpaired) electrons. The standard InChI is InChI=1S/C32H67NO2/c34-31-27-23-19-15-11-8-6-4-2-1-3-5-7-9-13-17-21-25-29-33-30-26-22-18-14-10-12-16-20-24-28-32-35/h33-35H,1-32H2. The summed E-state index contributed by atoms with van der Waals surface area (Å²) in [5.41, 5.74) is 0. The highest BCUT2D eigenvalue weighted by Crippen LogP contribution is 2.14. The van der Waals surface area contributed by atoms with Gasteiger partial charge in [-0.2, -0.15) is 0 Å². The van der Waals surface area contributed by atoms with E-state index in [1.165, 1.54) is 180 Å². The predicted octanol–water partition coefficient (Wildman–Crippen LogP) is 9.48. The number of rotatable bonds is 32. The van der Waals surface area contributed by atoms with Crippen molar-refractivity contribution in [2.24, 2.45) is 0 Å². The molecule has 3 nitrogen and oxygen atoms in total. The van der Waals surface area contributed by atoms with E-state index in [0.29, 0.717) is 13.2 Å². The maximum atomic E-state index is 8.77. The zero-order valence-electron chi connectivity index (χ0n) is 24.0. The van der Waals surface area contributed by atoms with Gasteiger partial charge in [0.25, 0.3) is 0 Å². The van der Waals surface area contributed by atoms with Crippen molar-refractivity contribution in [1.29, 1.82) is 0 Å². The first-order valence-electron chi connectivity index (χ1n) is 16.3. The third-order valence-electron chi connectivity index (χ3n) is 7.52. The second-order valence-corrected chi connectivity index (χ2v) is 11.1. The van der Waals surface area contributed by atoms with E-state index in [1.54, 1.807) is 0 Å². The number of hydrogen-bond donors (Lipinski definition) is 3. The Bertz CT molecular complexity index is 318. The van der Waals surface area contributed by atoms with E-state index in [0.717, 1.165) is 12.8 Å². The summed E-state index contributed by atoms with van der Waals surface area (Å²) in [4.78, 5) is 0. The summed E-state index contributed by atoms with van der Waals surface area (Å²) in [6.07, 6.45) is 38.2. The lowest BCUT2D eigenvalue weighted by atomic mass is 10.0. The number of hydrogen-bond acceptors (Lipinski definition) is 3. The Labute approximate surface area is 221 Å². The molecule has 0 unspecified atom stereocenters. The van der Waals surface area contributed by atoms with Crippen LogP contribution in [0.1, 0.15) is 180 Å². The summed E-state index contributed by atoms with van der Waals surface area (Å²) in [5, 5.41) is 21.2. The van der Waals surface area contributed by atoms with E-state index in [2.05, 4.69) is 5.32 Å². The molecule has 0 amide bonds. The van der Waals surface area contributed by atoms with Gasteiger partial charge in [0.05, 0.1) is 0 Å². The van der Waals surface area contributed by atoms with E-state index in [9.17, 15) is 0 Å². The van der Waals surface area contributed by atoms with Crippen LogP contribution in [0.5, 0.6) is 0 Å². The van der Waals surface area contributed by atoms with Gasteiger partial charge in [-0.25, -0.2) is 0 Å². The highest BCUT2D eigenvalue weighted by atomic mass is 16.3. The first kappa shape index (κ1) is 34.9. The van der Waals surface area contributed by atoms with Crippen molar-refractivity contribution in [3.05, 3.63) is 0 Å². The van der Waals surface area contributed by atoms with Crippen LogP contribution in [0.3, 0.4) is 0 Å². The molecule has 0 spiro atoms. The smallest absolute Gasteiger partial charge is 0.0431 e. The fourth-order valence-electron chi connectivity index (χ4n) is 5.09. The van der Waals surface area contributed by atoms with E-state index >= 15 is 0 Å². The highest BCUT2D eigenvalue weighted by Gasteiger charge is 1.96. The van der Waals surface area contributed by atoms with Gasteiger partial charge in [-0.1, -0.05) is 154 Å². The average Bonchev–Trinajstić information content (AvgIpc) is 2.87. The molecular formula is C32H67NO2. The van der Waals surface area contributed by atoms with Gasteiger partial charge in [-0.15, -0.1) is 0 Å². The molecule has 0 atom stereocenters. The molecule has 35 heavy (non-hydrogen) atoms. The number of aliphatic hydroxyl groups is 2. The maximum absolute atomic E-state index is 8.77. The second kappa shape index (κ2) is 33.9.